The van der Waals surface area contributed by atoms with E-state index >= 15 is 0 Å². The molecule has 0 saturated carbocycles. The monoisotopic (exact) mass is 303 g/mol. The van der Waals surface area contributed by atoms with Gasteiger partial charge in [0.2, 0.25) is 0 Å². The summed E-state index contributed by atoms with van der Waals surface area (Å²) in [5, 5.41) is 0.823. The maximum Gasteiger partial charge on any atom is 0.0710 e. The normalized spacial score (nSPS) is 21.6. The van der Waals surface area contributed by atoms with Gasteiger partial charge >= 0.3 is 0 Å². The van der Waals surface area contributed by atoms with Gasteiger partial charge in [0.25, 0.3) is 0 Å². The van der Waals surface area contributed by atoms with Crippen LogP contribution in [0.5, 0.6) is 0 Å². The quantitative estimate of drug-likeness (QED) is 0.849. The molecule has 1 aliphatic heterocycles. The van der Waals surface area contributed by atoms with Crippen LogP contribution in [-0.4, -0.2) is 31.2 Å². The third kappa shape index (κ3) is 2.77. The van der Waals surface area contributed by atoms with Crippen LogP contribution in [0.15, 0.2) is 22.7 Å². The highest BCUT2D eigenvalue weighted by molar-refractivity contribution is 9.10. The second-order valence-electron chi connectivity index (χ2n) is 4.09. The first kappa shape index (κ1) is 12.4. The molecule has 2 nitrogen and oxygen atoms in total. The molecule has 1 unspecified atom stereocenters. The Balaban J connectivity index is 2.02. The van der Waals surface area contributed by atoms with Crippen LogP contribution >= 0.6 is 27.5 Å². The van der Waals surface area contributed by atoms with Crippen LogP contribution in [0.4, 0.5) is 0 Å². The second-order valence-corrected chi connectivity index (χ2v) is 5.33. The molecule has 2 rings (SSSR count). The van der Waals surface area contributed by atoms with E-state index in [2.05, 4.69) is 26.9 Å². The third-order valence-corrected chi connectivity index (χ3v) is 4.32. The van der Waals surface area contributed by atoms with E-state index in [-0.39, 0.29) is 0 Å². The second kappa shape index (κ2) is 5.50. The van der Waals surface area contributed by atoms with E-state index < -0.39 is 0 Å². The van der Waals surface area contributed by atoms with Crippen molar-refractivity contribution in [3.8, 4) is 0 Å². The minimum absolute atomic E-state index is 0.380. The van der Waals surface area contributed by atoms with Crippen molar-refractivity contribution in [3.05, 3.63) is 33.3 Å². The van der Waals surface area contributed by atoms with E-state index in [1.165, 1.54) is 5.56 Å². The highest BCUT2D eigenvalue weighted by atomic mass is 79.9. The number of likely N-dealkylation sites (tertiary alicyclic amines) is 1. The first-order valence-corrected chi connectivity index (χ1v) is 6.56. The number of methoxy groups -OCH3 is 1. The summed E-state index contributed by atoms with van der Waals surface area (Å²) in [4.78, 5) is 2.38. The number of rotatable bonds is 3. The van der Waals surface area contributed by atoms with Crippen molar-refractivity contribution in [2.24, 2.45) is 0 Å². The number of halogens is 2. The molecule has 1 heterocycles. The van der Waals surface area contributed by atoms with Crippen LogP contribution in [0.1, 0.15) is 12.0 Å². The average Bonchev–Trinajstić information content (AvgIpc) is 2.73. The summed E-state index contributed by atoms with van der Waals surface area (Å²) in [6.07, 6.45) is 1.49. The van der Waals surface area contributed by atoms with Gasteiger partial charge in [0.1, 0.15) is 0 Å². The number of benzene rings is 1. The molecule has 16 heavy (non-hydrogen) atoms. The molecule has 0 aromatic heterocycles. The van der Waals surface area contributed by atoms with Gasteiger partial charge in [-0.25, -0.2) is 0 Å². The summed E-state index contributed by atoms with van der Waals surface area (Å²) < 4.78 is 6.32. The van der Waals surface area contributed by atoms with Crippen molar-refractivity contribution < 1.29 is 4.74 Å². The van der Waals surface area contributed by atoms with Gasteiger partial charge in [0.15, 0.2) is 0 Å². The summed E-state index contributed by atoms with van der Waals surface area (Å²) in [7, 11) is 1.78. The van der Waals surface area contributed by atoms with Crippen molar-refractivity contribution in [1.29, 1.82) is 0 Å². The number of hydrogen-bond donors (Lipinski definition) is 0. The molecule has 1 fully saturated rings. The molecule has 88 valence electrons. The molecular weight excluding hydrogens is 289 g/mol. The topological polar surface area (TPSA) is 12.5 Å². The molecule has 0 radical (unpaired) electrons. The van der Waals surface area contributed by atoms with Crippen LogP contribution in [0.25, 0.3) is 0 Å². The zero-order valence-corrected chi connectivity index (χ0v) is 11.6. The van der Waals surface area contributed by atoms with Gasteiger partial charge < -0.3 is 4.74 Å². The van der Waals surface area contributed by atoms with Gasteiger partial charge in [-0.3, -0.25) is 4.90 Å². The van der Waals surface area contributed by atoms with Gasteiger partial charge in [-0.1, -0.05) is 23.7 Å². The van der Waals surface area contributed by atoms with E-state index in [0.29, 0.717) is 6.10 Å². The Kier molecular flexibility index (Phi) is 4.25. The third-order valence-electron chi connectivity index (χ3n) is 2.99. The van der Waals surface area contributed by atoms with Crippen molar-refractivity contribution in [2.75, 3.05) is 20.2 Å². The Morgan fingerprint density at radius 1 is 1.56 bits per heavy atom. The molecule has 1 aromatic rings. The summed E-state index contributed by atoms with van der Waals surface area (Å²) in [5.41, 5.74) is 1.17. The highest BCUT2D eigenvalue weighted by Crippen LogP contribution is 2.27. The van der Waals surface area contributed by atoms with E-state index in [1.54, 1.807) is 7.11 Å². The van der Waals surface area contributed by atoms with Gasteiger partial charge in [-0.05, 0) is 34.0 Å². The molecule has 0 amide bonds. The van der Waals surface area contributed by atoms with Crippen LogP contribution < -0.4 is 0 Å². The van der Waals surface area contributed by atoms with Crippen LogP contribution in [0, 0.1) is 0 Å². The lowest BCUT2D eigenvalue weighted by molar-refractivity contribution is 0.107. The van der Waals surface area contributed by atoms with Crippen LogP contribution in [0.2, 0.25) is 5.02 Å². The fourth-order valence-electron chi connectivity index (χ4n) is 2.04. The Morgan fingerprint density at radius 3 is 3.06 bits per heavy atom. The minimum Gasteiger partial charge on any atom is -0.380 e. The van der Waals surface area contributed by atoms with Crippen LogP contribution in [-0.2, 0) is 11.3 Å². The molecule has 0 N–H and O–H groups in total. The summed E-state index contributed by atoms with van der Waals surface area (Å²) in [6.45, 7) is 2.98. The zero-order chi connectivity index (χ0) is 11.5. The molecule has 1 atom stereocenters. The fraction of sp³-hybridized carbons (Fsp3) is 0.500. The Labute approximate surface area is 110 Å². The van der Waals surface area contributed by atoms with Gasteiger partial charge in [-0.2, -0.15) is 0 Å². The fourth-order valence-corrected chi connectivity index (χ4v) is 2.64. The summed E-state index contributed by atoms with van der Waals surface area (Å²) >= 11 is 9.68. The lowest BCUT2D eigenvalue weighted by Crippen LogP contribution is -2.22. The van der Waals surface area contributed by atoms with Gasteiger partial charge in [0.05, 0.1) is 11.1 Å². The first-order valence-electron chi connectivity index (χ1n) is 5.38. The van der Waals surface area contributed by atoms with E-state index in [9.17, 15) is 0 Å². The summed E-state index contributed by atoms with van der Waals surface area (Å²) in [5.74, 6) is 0. The lowest BCUT2D eigenvalue weighted by atomic mass is 10.2. The molecule has 1 aliphatic rings. The van der Waals surface area contributed by atoms with Gasteiger partial charge in [0, 0.05) is 31.2 Å². The van der Waals surface area contributed by atoms with Crippen LogP contribution in [0.3, 0.4) is 0 Å². The Hall–Kier alpha value is -0.0900. The molecule has 1 aromatic carbocycles. The van der Waals surface area contributed by atoms with Gasteiger partial charge in [-0.15, -0.1) is 0 Å². The minimum atomic E-state index is 0.380. The highest BCUT2D eigenvalue weighted by Gasteiger charge is 2.22. The molecule has 0 aliphatic carbocycles. The Morgan fingerprint density at radius 2 is 2.38 bits per heavy atom. The van der Waals surface area contributed by atoms with E-state index in [4.69, 9.17) is 16.3 Å². The molecule has 1 saturated heterocycles. The predicted octanol–water partition coefficient (Wildman–Crippen LogP) is 3.32. The van der Waals surface area contributed by atoms with Crippen molar-refractivity contribution in [3.63, 3.8) is 0 Å². The molecule has 4 heteroatoms. The zero-order valence-electron chi connectivity index (χ0n) is 9.25. The largest absolute Gasteiger partial charge is 0.380 e. The molecule has 0 spiro atoms. The van der Waals surface area contributed by atoms with Crippen molar-refractivity contribution >= 4 is 27.5 Å². The predicted molar refractivity (Wildman–Crippen MR) is 69.8 cm³/mol. The number of ether oxygens (including phenoxy) is 1. The maximum absolute atomic E-state index is 6.24. The van der Waals surface area contributed by atoms with E-state index in [0.717, 1.165) is 35.6 Å². The number of nitrogens with zero attached hydrogens (tertiary/aromatic N) is 1. The smallest absolute Gasteiger partial charge is 0.0710 e. The standard InChI is InChI=1S/C12H15BrClNO/c1-16-10-5-6-15(8-10)7-9-3-2-4-11(13)12(9)14/h2-4,10H,5-8H2,1H3. The molecular formula is C12H15BrClNO. The SMILES string of the molecule is COC1CCN(Cc2cccc(Br)c2Cl)C1. The summed E-state index contributed by atoms with van der Waals surface area (Å²) in [6, 6.07) is 6.07. The lowest BCUT2D eigenvalue weighted by Gasteiger charge is -2.16. The van der Waals surface area contributed by atoms with E-state index in [1.807, 2.05) is 12.1 Å². The van der Waals surface area contributed by atoms with Crippen molar-refractivity contribution in [2.45, 2.75) is 19.1 Å². The average molecular weight is 305 g/mol. The number of hydrogen-bond acceptors (Lipinski definition) is 2. The first-order chi connectivity index (χ1) is 7.70. The molecule has 0 bridgehead atoms. The Bertz CT molecular complexity index is 372. The maximum atomic E-state index is 6.24. The van der Waals surface area contributed by atoms with Crippen molar-refractivity contribution in [1.82, 2.24) is 4.90 Å².